The Balaban J connectivity index is 0.00000261. The van der Waals surface area contributed by atoms with Gasteiger partial charge in [-0.3, -0.25) is 4.79 Å². The Labute approximate surface area is 171 Å². The minimum Gasteiger partial charge on any atom is -1.00 e. The van der Waals surface area contributed by atoms with Crippen molar-refractivity contribution in [1.29, 1.82) is 0 Å². The molecule has 27 heavy (non-hydrogen) atoms. The first kappa shape index (κ1) is 22.2. The fourth-order valence-electron chi connectivity index (χ4n) is 5.23. The van der Waals surface area contributed by atoms with Gasteiger partial charge in [0.2, 0.25) is 0 Å². The van der Waals surface area contributed by atoms with Gasteiger partial charge >= 0.3 is 0 Å². The number of hydrogen-bond donors (Lipinski definition) is 1. The van der Waals surface area contributed by atoms with Crippen LogP contribution in [0.25, 0.3) is 0 Å². The van der Waals surface area contributed by atoms with E-state index in [4.69, 9.17) is 0 Å². The third-order valence-electron chi connectivity index (χ3n) is 6.44. The van der Waals surface area contributed by atoms with Crippen molar-refractivity contribution in [2.24, 2.45) is 0 Å². The molecule has 4 heteroatoms. The number of carbonyl (C=O) groups excluding carboxylic acids is 1. The number of benzene rings is 1. The molecule has 2 saturated carbocycles. The summed E-state index contributed by atoms with van der Waals surface area (Å²) in [6, 6.07) is 5.44. The molecule has 1 aromatic carbocycles. The molecule has 0 saturated heterocycles. The number of hydrogen-bond acceptors (Lipinski definition) is 1. The molecule has 0 bridgehead atoms. The topological polar surface area (TPSA) is 36.9 Å². The van der Waals surface area contributed by atoms with Gasteiger partial charge in [0.1, 0.15) is 5.69 Å². The summed E-state index contributed by atoms with van der Waals surface area (Å²) in [6.45, 7) is 7.02. The third kappa shape index (κ3) is 5.71. The van der Waals surface area contributed by atoms with Crippen LogP contribution in [-0.2, 0) is 4.79 Å². The second-order valence-electron chi connectivity index (χ2n) is 8.61. The van der Waals surface area contributed by atoms with Crippen LogP contribution in [-0.4, -0.2) is 29.4 Å². The standard InChI is InChI=1S/C23H36N2O.ClH/c1-17-14-18(2)23(19(3)15-17)24-16-22(26)25(20-10-6-4-7-11-20)21-12-8-5-9-13-21;/h14-15,20-21,24H,4-13,16H2,1-3H3;1H. The number of carbonyl (C=O) groups is 1. The molecule has 152 valence electrons. The predicted molar refractivity (Wildman–Crippen MR) is 108 cm³/mol. The lowest BCUT2D eigenvalue weighted by Crippen LogP contribution is -3.00. The van der Waals surface area contributed by atoms with E-state index in [0.717, 1.165) is 0 Å². The SMILES string of the molecule is Cc1cc(C)c([NH2+]CC(=O)N(C2CCCCC2)C2CCCCC2)c(C)c1.[Cl-]. The van der Waals surface area contributed by atoms with E-state index in [0.29, 0.717) is 24.5 Å². The highest BCUT2D eigenvalue weighted by Crippen LogP contribution is 2.30. The fraction of sp³-hybridized carbons (Fsp3) is 0.696. The van der Waals surface area contributed by atoms with Crippen LogP contribution in [0.3, 0.4) is 0 Å². The lowest BCUT2D eigenvalue weighted by Gasteiger charge is -2.41. The van der Waals surface area contributed by atoms with E-state index in [1.807, 2.05) is 0 Å². The first-order valence-corrected chi connectivity index (χ1v) is 10.8. The summed E-state index contributed by atoms with van der Waals surface area (Å²) in [4.78, 5) is 15.6. The molecule has 0 radical (unpaired) electrons. The van der Waals surface area contributed by atoms with E-state index >= 15 is 0 Å². The monoisotopic (exact) mass is 392 g/mol. The molecule has 1 aromatic rings. The average molecular weight is 393 g/mol. The van der Waals surface area contributed by atoms with Crippen molar-refractivity contribution in [2.75, 3.05) is 6.54 Å². The van der Waals surface area contributed by atoms with Gasteiger partial charge in [0, 0.05) is 23.2 Å². The molecule has 0 atom stereocenters. The zero-order valence-electron chi connectivity index (χ0n) is 17.4. The molecule has 2 N–H and O–H groups in total. The van der Waals surface area contributed by atoms with Crippen LogP contribution in [0, 0.1) is 20.8 Å². The Morgan fingerprint density at radius 1 is 0.889 bits per heavy atom. The van der Waals surface area contributed by atoms with Gasteiger partial charge in [-0.25, -0.2) is 0 Å². The first-order chi connectivity index (χ1) is 12.6. The molecule has 2 aliphatic rings. The van der Waals surface area contributed by atoms with E-state index in [2.05, 4.69) is 43.1 Å². The Kier molecular flexibility index (Phi) is 8.62. The van der Waals surface area contributed by atoms with Gasteiger partial charge in [0.05, 0.1) is 0 Å². The second-order valence-corrected chi connectivity index (χ2v) is 8.61. The van der Waals surface area contributed by atoms with Crippen molar-refractivity contribution >= 4 is 11.6 Å². The summed E-state index contributed by atoms with van der Waals surface area (Å²) < 4.78 is 0. The number of aryl methyl sites for hydroxylation is 3. The Morgan fingerprint density at radius 3 is 1.78 bits per heavy atom. The van der Waals surface area contributed by atoms with Crippen molar-refractivity contribution in [1.82, 2.24) is 4.90 Å². The zero-order chi connectivity index (χ0) is 18.5. The summed E-state index contributed by atoms with van der Waals surface area (Å²) in [7, 11) is 0. The highest BCUT2D eigenvalue weighted by Gasteiger charge is 2.33. The molecule has 3 nitrogen and oxygen atoms in total. The highest BCUT2D eigenvalue weighted by molar-refractivity contribution is 5.78. The maximum Gasteiger partial charge on any atom is 0.278 e. The van der Waals surface area contributed by atoms with Gasteiger partial charge in [0.25, 0.3) is 5.91 Å². The van der Waals surface area contributed by atoms with Crippen LogP contribution in [0.5, 0.6) is 0 Å². The van der Waals surface area contributed by atoms with E-state index in [9.17, 15) is 4.79 Å². The summed E-state index contributed by atoms with van der Waals surface area (Å²) in [5, 5.41) is 2.19. The van der Waals surface area contributed by atoms with Gasteiger partial charge < -0.3 is 22.6 Å². The minimum absolute atomic E-state index is 0. The van der Waals surface area contributed by atoms with Gasteiger partial charge in [-0.05, 0) is 46.5 Å². The lowest BCUT2D eigenvalue weighted by molar-refractivity contribution is -0.561. The van der Waals surface area contributed by atoms with Crippen LogP contribution in [0.1, 0.15) is 80.9 Å². The van der Waals surface area contributed by atoms with Crippen LogP contribution in [0.4, 0.5) is 5.69 Å². The van der Waals surface area contributed by atoms with Crippen molar-refractivity contribution in [2.45, 2.75) is 97.1 Å². The smallest absolute Gasteiger partial charge is 0.278 e. The summed E-state index contributed by atoms with van der Waals surface area (Å²) in [5.74, 6) is 0.364. The van der Waals surface area contributed by atoms with Gasteiger partial charge in [-0.2, -0.15) is 0 Å². The molecular weight excluding hydrogens is 356 g/mol. The lowest BCUT2D eigenvalue weighted by atomic mass is 9.88. The average Bonchev–Trinajstić information content (AvgIpc) is 2.63. The second kappa shape index (κ2) is 10.5. The molecular formula is C23H37ClN2O. The summed E-state index contributed by atoms with van der Waals surface area (Å²) >= 11 is 0. The third-order valence-corrected chi connectivity index (χ3v) is 6.44. The van der Waals surface area contributed by atoms with Crippen molar-refractivity contribution < 1.29 is 22.5 Å². The van der Waals surface area contributed by atoms with Crippen LogP contribution in [0.15, 0.2) is 12.1 Å². The van der Waals surface area contributed by atoms with Crippen LogP contribution in [0.2, 0.25) is 0 Å². The molecule has 0 aliphatic heterocycles. The number of halogens is 1. The first-order valence-electron chi connectivity index (χ1n) is 10.8. The normalized spacial score (nSPS) is 18.8. The zero-order valence-corrected chi connectivity index (χ0v) is 18.2. The van der Waals surface area contributed by atoms with Crippen LogP contribution < -0.4 is 17.7 Å². The van der Waals surface area contributed by atoms with E-state index < -0.39 is 0 Å². The molecule has 0 aromatic heterocycles. The Bertz CT molecular complexity index is 578. The van der Waals surface area contributed by atoms with Crippen molar-refractivity contribution in [3.05, 3.63) is 28.8 Å². The summed E-state index contributed by atoms with van der Waals surface area (Å²) in [5.41, 5.74) is 5.14. The molecule has 3 rings (SSSR count). The Morgan fingerprint density at radius 2 is 1.33 bits per heavy atom. The van der Waals surface area contributed by atoms with E-state index in [1.165, 1.54) is 86.6 Å². The van der Waals surface area contributed by atoms with Crippen molar-refractivity contribution in [3.8, 4) is 0 Å². The number of nitrogens with two attached hydrogens (primary N) is 1. The van der Waals surface area contributed by atoms with E-state index in [-0.39, 0.29) is 12.4 Å². The number of nitrogens with zero attached hydrogens (tertiary/aromatic N) is 1. The van der Waals surface area contributed by atoms with Gasteiger partial charge in [-0.1, -0.05) is 56.2 Å². The maximum absolute atomic E-state index is 13.3. The fourth-order valence-corrected chi connectivity index (χ4v) is 5.23. The van der Waals surface area contributed by atoms with E-state index in [1.54, 1.807) is 0 Å². The minimum atomic E-state index is 0. The Hall–Kier alpha value is -1.06. The number of quaternary nitrogens is 1. The van der Waals surface area contributed by atoms with Gasteiger partial charge in [0.15, 0.2) is 6.54 Å². The predicted octanol–water partition coefficient (Wildman–Crippen LogP) is 1.30. The number of amides is 1. The molecule has 0 spiro atoms. The molecule has 2 aliphatic carbocycles. The summed E-state index contributed by atoms with van der Waals surface area (Å²) in [6.07, 6.45) is 12.7. The molecule has 2 fully saturated rings. The van der Waals surface area contributed by atoms with Crippen LogP contribution >= 0.6 is 0 Å². The maximum atomic E-state index is 13.3. The number of rotatable bonds is 5. The van der Waals surface area contributed by atoms with Crippen molar-refractivity contribution in [3.63, 3.8) is 0 Å². The largest absolute Gasteiger partial charge is 1.00 e. The molecule has 0 heterocycles. The quantitative estimate of drug-likeness (QED) is 0.753. The molecule has 0 unspecified atom stereocenters. The molecule has 1 amide bonds. The highest BCUT2D eigenvalue weighted by atomic mass is 35.5. The van der Waals surface area contributed by atoms with Gasteiger partial charge in [-0.15, -0.1) is 0 Å².